The van der Waals surface area contributed by atoms with Crippen molar-refractivity contribution >= 4 is 0 Å². The summed E-state index contributed by atoms with van der Waals surface area (Å²) in [5.41, 5.74) is 0.197. The van der Waals surface area contributed by atoms with E-state index in [9.17, 15) is 25.5 Å². The maximum atomic E-state index is 10.7. The summed E-state index contributed by atoms with van der Waals surface area (Å²) < 4.78 is 0. The molecule has 3 rings (SSSR count). The quantitative estimate of drug-likeness (QED) is 0.388. The van der Waals surface area contributed by atoms with Crippen LogP contribution in [0.5, 0.6) is 0 Å². The number of hydrogen-bond acceptors (Lipinski definition) is 5. The Bertz CT molecular complexity index is 820. The second-order valence-electron chi connectivity index (χ2n) is 11.5. The Labute approximate surface area is 199 Å². The first-order valence-corrected chi connectivity index (χ1v) is 12.5. The lowest BCUT2D eigenvalue weighted by atomic mass is 9.61. The average molecular weight is 461 g/mol. The predicted molar refractivity (Wildman–Crippen MR) is 131 cm³/mol. The van der Waals surface area contributed by atoms with Gasteiger partial charge in [-0.3, -0.25) is 0 Å². The Kier molecular flexibility index (Phi) is 7.82. The lowest BCUT2D eigenvalue weighted by molar-refractivity contribution is -0.126. The first kappa shape index (κ1) is 26.4. The minimum Gasteiger partial charge on any atom is -0.393 e. The Morgan fingerprint density at radius 1 is 1.18 bits per heavy atom. The summed E-state index contributed by atoms with van der Waals surface area (Å²) in [5.74, 6) is 1.21. The van der Waals surface area contributed by atoms with Gasteiger partial charge in [0.2, 0.25) is 0 Å². The number of aliphatic hydroxyl groups is 5. The van der Waals surface area contributed by atoms with Gasteiger partial charge in [0.25, 0.3) is 0 Å². The molecule has 0 saturated heterocycles. The van der Waals surface area contributed by atoms with E-state index in [2.05, 4.69) is 32.6 Å². The molecule has 5 nitrogen and oxygen atoms in total. The van der Waals surface area contributed by atoms with Gasteiger partial charge in [-0.25, -0.2) is 0 Å². The standard InChI is InChI=1S/C28H44O5/c1-18(12-14-27(4,32)28(5,33)17-29)23-10-11-24-20(7-6-13-26(23,24)3)8-9-21-15-22(30)16-25(31)19(21)2/h8-9,12,14,18,22-25,29-33H,2,6-7,10-11,13,15-17H2,1,3-5H3/b14-12+,20-8+,21-9-/t18-,22-,23-,24?,25+,26-,27?,28?/m1/s1. The smallest absolute Gasteiger partial charge is 0.117 e. The molecular weight excluding hydrogens is 416 g/mol. The van der Waals surface area contributed by atoms with Gasteiger partial charge in [0.05, 0.1) is 18.8 Å². The average Bonchev–Trinajstić information content (AvgIpc) is 3.11. The zero-order valence-corrected chi connectivity index (χ0v) is 20.8. The maximum Gasteiger partial charge on any atom is 0.117 e. The van der Waals surface area contributed by atoms with Crippen LogP contribution in [-0.4, -0.2) is 55.5 Å². The molecule has 0 aromatic heterocycles. The van der Waals surface area contributed by atoms with Crippen LogP contribution in [0.2, 0.25) is 0 Å². The Morgan fingerprint density at radius 3 is 2.55 bits per heavy atom. The molecule has 186 valence electrons. The fourth-order valence-corrected chi connectivity index (χ4v) is 6.42. The minimum atomic E-state index is -1.59. The van der Waals surface area contributed by atoms with Crippen LogP contribution in [0, 0.1) is 23.2 Å². The van der Waals surface area contributed by atoms with Crippen molar-refractivity contribution in [3.05, 3.63) is 47.6 Å². The van der Waals surface area contributed by atoms with Gasteiger partial charge in [0, 0.05) is 6.42 Å². The molecule has 33 heavy (non-hydrogen) atoms. The van der Waals surface area contributed by atoms with Gasteiger partial charge in [0.1, 0.15) is 11.2 Å². The van der Waals surface area contributed by atoms with E-state index in [4.69, 9.17) is 0 Å². The van der Waals surface area contributed by atoms with Crippen LogP contribution in [0.4, 0.5) is 0 Å². The summed E-state index contributed by atoms with van der Waals surface area (Å²) in [6.07, 6.45) is 13.3. The van der Waals surface area contributed by atoms with Crippen molar-refractivity contribution in [3.63, 3.8) is 0 Å². The van der Waals surface area contributed by atoms with Gasteiger partial charge in [-0.2, -0.15) is 0 Å². The molecule has 0 aromatic carbocycles. The van der Waals surface area contributed by atoms with Crippen molar-refractivity contribution in [2.75, 3.05) is 6.61 Å². The summed E-state index contributed by atoms with van der Waals surface area (Å²) in [6.45, 7) is 11.1. The van der Waals surface area contributed by atoms with E-state index in [1.54, 1.807) is 6.08 Å². The highest BCUT2D eigenvalue weighted by atomic mass is 16.4. The summed E-state index contributed by atoms with van der Waals surface area (Å²) in [6, 6.07) is 0. The van der Waals surface area contributed by atoms with Crippen LogP contribution in [0.3, 0.4) is 0 Å². The maximum absolute atomic E-state index is 10.7. The molecule has 0 aromatic rings. The number of allylic oxidation sites excluding steroid dienone is 4. The fraction of sp³-hybridized carbons (Fsp3) is 0.714. The molecule has 0 amide bonds. The highest BCUT2D eigenvalue weighted by molar-refractivity contribution is 5.38. The molecule has 3 fully saturated rings. The normalized spacial score (nSPS) is 40.1. The van der Waals surface area contributed by atoms with Gasteiger partial charge in [-0.05, 0) is 86.7 Å². The van der Waals surface area contributed by atoms with Crippen LogP contribution in [0.25, 0.3) is 0 Å². The van der Waals surface area contributed by atoms with E-state index < -0.39 is 30.0 Å². The third-order valence-electron chi connectivity index (χ3n) is 9.06. The molecular formula is C28H44O5. The number of hydrogen-bond donors (Lipinski definition) is 5. The largest absolute Gasteiger partial charge is 0.393 e. The van der Waals surface area contributed by atoms with E-state index >= 15 is 0 Å². The molecule has 3 aliphatic carbocycles. The van der Waals surface area contributed by atoms with Crippen molar-refractivity contribution in [2.24, 2.45) is 23.2 Å². The first-order valence-electron chi connectivity index (χ1n) is 12.5. The summed E-state index contributed by atoms with van der Waals surface area (Å²) >= 11 is 0. The van der Waals surface area contributed by atoms with Crippen molar-refractivity contribution < 1.29 is 25.5 Å². The number of rotatable bonds is 6. The molecule has 0 spiro atoms. The van der Waals surface area contributed by atoms with Crippen molar-refractivity contribution in [1.29, 1.82) is 0 Å². The van der Waals surface area contributed by atoms with E-state index in [0.29, 0.717) is 24.7 Å². The zero-order valence-electron chi connectivity index (χ0n) is 20.8. The van der Waals surface area contributed by atoms with Gasteiger partial charge in [-0.15, -0.1) is 0 Å². The summed E-state index contributed by atoms with van der Waals surface area (Å²) in [7, 11) is 0. The molecule has 8 atom stereocenters. The van der Waals surface area contributed by atoms with Gasteiger partial charge < -0.3 is 25.5 Å². The van der Waals surface area contributed by atoms with E-state index in [0.717, 1.165) is 36.8 Å². The third kappa shape index (κ3) is 5.23. The SMILES string of the molecule is C=C1/C(=C\C=C2/CCC[C@@]3(C)C2CC[C@@H]3[C@H](C)/C=C/C(C)(O)C(C)(O)CO)C[C@@H](O)C[C@@H]1O. The fourth-order valence-electron chi connectivity index (χ4n) is 6.42. The molecule has 5 heteroatoms. The van der Waals surface area contributed by atoms with E-state index in [1.807, 2.05) is 6.08 Å². The highest BCUT2D eigenvalue weighted by Gasteiger charge is 2.50. The highest BCUT2D eigenvalue weighted by Crippen LogP contribution is 2.59. The first-order chi connectivity index (χ1) is 15.3. The Hall–Kier alpha value is -1.24. The van der Waals surface area contributed by atoms with E-state index in [1.165, 1.54) is 25.8 Å². The minimum absolute atomic E-state index is 0.167. The van der Waals surface area contributed by atoms with Crippen LogP contribution < -0.4 is 0 Å². The lowest BCUT2D eigenvalue weighted by Gasteiger charge is -2.44. The van der Waals surface area contributed by atoms with Crippen LogP contribution >= 0.6 is 0 Å². The molecule has 0 heterocycles. The second kappa shape index (κ2) is 9.79. The van der Waals surface area contributed by atoms with Crippen molar-refractivity contribution in [3.8, 4) is 0 Å². The topological polar surface area (TPSA) is 101 Å². The molecule has 0 bridgehead atoms. The summed E-state index contributed by atoms with van der Waals surface area (Å²) in [5, 5.41) is 50.6. The number of aliphatic hydroxyl groups excluding tert-OH is 3. The van der Waals surface area contributed by atoms with E-state index in [-0.39, 0.29) is 11.3 Å². The zero-order chi connectivity index (χ0) is 24.6. The van der Waals surface area contributed by atoms with Crippen molar-refractivity contribution in [2.45, 2.75) is 96.1 Å². The predicted octanol–water partition coefficient (Wildman–Crippen LogP) is 3.81. The van der Waals surface area contributed by atoms with Crippen LogP contribution in [0.1, 0.15) is 72.6 Å². The van der Waals surface area contributed by atoms with Gasteiger partial charge in [0.15, 0.2) is 0 Å². The molecule has 5 N–H and O–H groups in total. The summed E-state index contributed by atoms with van der Waals surface area (Å²) in [4.78, 5) is 0. The third-order valence-corrected chi connectivity index (χ3v) is 9.06. The Balaban J connectivity index is 1.78. The van der Waals surface area contributed by atoms with Gasteiger partial charge >= 0.3 is 0 Å². The van der Waals surface area contributed by atoms with Gasteiger partial charge in [-0.1, -0.05) is 50.3 Å². The molecule has 0 aliphatic heterocycles. The monoisotopic (exact) mass is 460 g/mol. The van der Waals surface area contributed by atoms with Crippen molar-refractivity contribution in [1.82, 2.24) is 0 Å². The second-order valence-corrected chi connectivity index (χ2v) is 11.5. The lowest BCUT2D eigenvalue weighted by Crippen LogP contribution is -2.51. The van der Waals surface area contributed by atoms with Crippen LogP contribution in [0.15, 0.2) is 47.6 Å². The van der Waals surface area contributed by atoms with Crippen LogP contribution in [-0.2, 0) is 0 Å². The molecule has 3 aliphatic rings. The Morgan fingerprint density at radius 2 is 1.88 bits per heavy atom. The molecule has 3 saturated carbocycles. The molecule has 3 unspecified atom stereocenters. The number of fused-ring (bicyclic) bond motifs is 1. The molecule has 0 radical (unpaired) electrons.